The van der Waals surface area contributed by atoms with Gasteiger partial charge in [0.25, 0.3) is 0 Å². The third kappa shape index (κ3) is 2.66. The average molecular weight is 154 g/mol. The highest BCUT2D eigenvalue weighted by Crippen LogP contribution is 2.32. The van der Waals surface area contributed by atoms with E-state index in [-0.39, 0.29) is 6.61 Å². The third-order valence-corrected chi connectivity index (χ3v) is 2.50. The van der Waals surface area contributed by atoms with E-state index in [9.17, 15) is 0 Å². The normalized spacial score (nSPS) is 24.1. The zero-order valence-electron chi connectivity index (χ0n) is 7.56. The van der Waals surface area contributed by atoms with Gasteiger partial charge in [-0.25, -0.2) is 0 Å². The molecule has 11 heavy (non-hydrogen) atoms. The van der Waals surface area contributed by atoms with Crippen LogP contribution in [0.3, 0.4) is 0 Å². The van der Waals surface area contributed by atoms with Crippen LogP contribution in [-0.2, 0) is 0 Å². The molecule has 0 bridgehead atoms. The number of hydrogen-bond donors (Lipinski definition) is 1. The van der Waals surface area contributed by atoms with Crippen LogP contribution in [0.2, 0.25) is 0 Å². The minimum atomic E-state index is 0.260. The van der Waals surface area contributed by atoms with E-state index in [0.717, 1.165) is 12.8 Å². The fourth-order valence-corrected chi connectivity index (χ4v) is 1.56. The van der Waals surface area contributed by atoms with Gasteiger partial charge < -0.3 is 5.11 Å². The standard InChI is InChI=1S/C10H18O/c1-10(2)6-3-4-9(8-11)5-7-10/h5,11H,3-4,6-8H2,1-2H3. The van der Waals surface area contributed by atoms with Crippen molar-refractivity contribution in [3.63, 3.8) is 0 Å². The molecule has 0 aromatic heterocycles. The monoisotopic (exact) mass is 154 g/mol. The molecule has 0 unspecified atom stereocenters. The van der Waals surface area contributed by atoms with Crippen LogP contribution in [0.25, 0.3) is 0 Å². The van der Waals surface area contributed by atoms with Crippen LogP contribution >= 0.6 is 0 Å². The Kier molecular flexibility index (Phi) is 2.72. The van der Waals surface area contributed by atoms with Crippen molar-refractivity contribution in [1.82, 2.24) is 0 Å². The molecule has 0 spiro atoms. The number of allylic oxidation sites excluding steroid dienone is 1. The molecule has 1 aliphatic rings. The molecule has 0 radical (unpaired) electrons. The number of hydrogen-bond acceptors (Lipinski definition) is 1. The van der Waals surface area contributed by atoms with Crippen LogP contribution in [0.1, 0.15) is 39.5 Å². The molecule has 0 saturated carbocycles. The van der Waals surface area contributed by atoms with Gasteiger partial charge in [-0.05, 0) is 36.7 Å². The van der Waals surface area contributed by atoms with E-state index in [2.05, 4.69) is 19.9 Å². The molecule has 0 amide bonds. The van der Waals surface area contributed by atoms with Gasteiger partial charge in [-0.15, -0.1) is 0 Å². The Morgan fingerprint density at radius 2 is 2.27 bits per heavy atom. The Morgan fingerprint density at radius 1 is 1.55 bits per heavy atom. The fourth-order valence-electron chi connectivity index (χ4n) is 1.56. The maximum Gasteiger partial charge on any atom is 0.0641 e. The van der Waals surface area contributed by atoms with Crippen LogP contribution in [0.15, 0.2) is 11.6 Å². The predicted molar refractivity (Wildman–Crippen MR) is 47.4 cm³/mol. The Bertz CT molecular complexity index is 156. The Labute approximate surface area is 69.1 Å². The van der Waals surface area contributed by atoms with Gasteiger partial charge in [-0.2, -0.15) is 0 Å². The molecule has 1 aliphatic carbocycles. The lowest BCUT2D eigenvalue weighted by Gasteiger charge is -2.20. The predicted octanol–water partition coefficient (Wildman–Crippen LogP) is 2.51. The van der Waals surface area contributed by atoms with Gasteiger partial charge >= 0.3 is 0 Å². The zero-order valence-corrected chi connectivity index (χ0v) is 7.56. The van der Waals surface area contributed by atoms with E-state index >= 15 is 0 Å². The van der Waals surface area contributed by atoms with Crippen molar-refractivity contribution in [2.75, 3.05) is 6.61 Å². The SMILES string of the molecule is CC1(C)CC=C(CO)CCC1. The average Bonchev–Trinajstić information content (AvgIpc) is 2.10. The summed E-state index contributed by atoms with van der Waals surface area (Å²) in [7, 11) is 0. The van der Waals surface area contributed by atoms with E-state index < -0.39 is 0 Å². The molecule has 0 aromatic rings. The minimum absolute atomic E-state index is 0.260. The van der Waals surface area contributed by atoms with Crippen LogP contribution in [0.5, 0.6) is 0 Å². The molecule has 0 saturated heterocycles. The van der Waals surface area contributed by atoms with Crippen molar-refractivity contribution in [3.8, 4) is 0 Å². The van der Waals surface area contributed by atoms with Gasteiger partial charge in [-0.1, -0.05) is 19.9 Å². The molecule has 64 valence electrons. The number of aliphatic hydroxyl groups is 1. The van der Waals surface area contributed by atoms with Crippen molar-refractivity contribution in [2.45, 2.75) is 39.5 Å². The van der Waals surface area contributed by atoms with E-state index in [0.29, 0.717) is 5.41 Å². The zero-order chi connectivity index (χ0) is 8.32. The van der Waals surface area contributed by atoms with Crippen molar-refractivity contribution in [2.24, 2.45) is 5.41 Å². The van der Waals surface area contributed by atoms with Crippen molar-refractivity contribution in [3.05, 3.63) is 11.6 Å². The van der Waals surface area contributed by atoms with Crippen LogP contribution in [0.4, 0.5) is 0 Å². The number of rotatable bonds is 1. The lowest BCUT2D eigenvalue weighted by Crippen LogP contribution is -2.07. The summed E-state index contributed by atoms with van der Waals surface area (Å²) in [6, 6.07) is 0. The second-order valence-electron chi connectivity index (χ2n) is 4.24. The summed E-state index contributed by atoms with van der Waals surface area (Å²) in [5.74, 6) is 0. The summed E-state index contributed by atoms with van der Waals surface area (Å²) in [4.78, 5) is 0. The summed E-state index contributed by atoms with van der Waals surface area (Å²) in [5.41, 5.74) is 1.69. The second kappa shape index (κ2) is 3.40. The van der Waals surface area contributed by atoms with E-state index in [4.69, 9.17) is 5.11 Å². The van der Waals surface area contributed by atoms with Gasteiger partial charge in [0, 0.05) is 0 Å². The maximum atomic E-state index is 8.92. The van der Waals surface area contributed by atoms with Gasteiger partial charge in [0.15, 0.2) is 0 Å². The first-order valence-electron chi connectivity index (χ1n) is 4.43. The third-order valence-electron chi connectivity index (χ3n) is 2.50. The highest BCUT2D eigenvalue weighted by molar-refractivity contribution is 5.05. The van der Waals surface area contributed by atoms with Gasteiger partial charge in [0.1, 0.15) is 0 Å². The molecule has 1 rings (SSSR count). The van der Waals surface area contributed by atoms with E-state index in [1.165, 1.54) is 18.4 Å². The van der Waals surface area contributed by atoms with Crippen LogP contribution in [-0.4, -0.2) is 11.7 Å². The molecule has 0 fully saturated rings. The fraction of sp³-hybridized carbons (Fsp3) is 0.800. The molecule has 0 aliphatic heterocycles. The Balaban J connectivity index is 2.56. The lowest BCUT2D eigenvalue weighted by atomic mass is 9.86. The molecule has 1 N–H and O–H groups in total. The highest BCUT2D eigenvalue weighted by Gasteiger charge is 2.18. The van der Waals surface area contributed by atoms with E-state index in [1.54, 1.807) is 0 Å². The molecular weight excluding hydrogens is 136 g/mol. The molecular formula is C10H18O. The van der Waals surface area contributed by atoms with E-state index in [1.807, 2.05) is 0 Å². The summed E-state index contributed by atoms with van der Waals surface area (Å²) < 4.78 is 0. The minimum Gasteiger partial charge on any atom is -0.392 e. The van der Waals surface area contributed by atoms with Crippen molar-refractivity contribution >= 4 is 0 Å². The number of aliphatic hydroxyl groups excluding tert-OH is 1. The Morgan fingerprint density at radius 3 is 2.91 bits per heavy atom. The van der Waals surface area contributed by atoms with Gasteiger partial charge in [0.05, 0.1) is 6.61 Å². The molecule has 1 nitrogen and oxygen atoms in total. The Hall–Kier alpha value is -0.300. The summed E-state index contributed by atoms with van der Waals surface area (Å²) in [6.07, 6.45) is 6.96. The first kappa shape index (κ1) is 8.79. The second-order valence-corrected chi connectivity index (χ2v) is 4.24. The van der Waals surface area contributed by atoms with Crippen LogP contribution < -0.4 is 0 Å². The van der Waals surface area contributed by atoms with Gasteiger partial charge in [0.2, 0.25) is 0 Å². The summed E-state index contributed by atoms with van der Waals surface area (Å²) >= 11 is 0. The van der Waals surface area contributed by atoms with Gasteiger partial charge in [-0.3, -0.25) is 0 Å². The summed E-state index contributed by atoms with van der Waals surface area (Å²) in [6.45, 7) is 4.85. The molecule has 0 aromatic carbocycles. The molecule has 0 atom stereocenters. The molecule has 1 heteroatoms. The highest BCUT2D eigenvalue weighted by atomic mass is 16.3. The van der Waals surface area contributed by atoms with Crippen molar-refractivity contribution in [1.29, 1.82) is 0 Å². The smallest absolute Gasteiger partial charge is 0.0641 e. The summed E-state index contributed by atoms with van der Waals surface area (Å²) in [5, 5.41) is 8.92. The quantitative estimate of drug-likeness (QED) is 0.575. The topological polar surface area (TPSA) is 20.2 Å². The largest absolute Gasteiger partial charge is 0.392 e. The van der Waals surface area contributed by atoms with Crippen LogP contribution in [0, 0.1) is 5.41 Å². The maximum absolute atomic E-state index is 8.92. The first-order chi connectivity index (χ1) is 5.14. The molecule has 0 heterocycles. The first-order valence-corrected chi connectivity index (χ1v) is 4.43. The lowest BCUT2D eigenvalue weighted by molar-refractivity contribution is 0.323. The van der Waals surface area contributed by atoms with Crippen molar-refractivity contribution < 1.29 is 5.11 Å².